The molecule has 0 bridgehead atoms. The van der Waals surface area contributed by atoms with Crippen LogP contribution in [0, 0.1) is 0 Å². The van der Waals surface area contributed by atoms with E-state index in [4.69, 9.17) is 0 Å². The fourth-order valence-corrected chi connectivity index (χ4v) is 2.07. The third-order valence-electron chi connectivity index (χ3n) is 2.99. The standard InChI is InChI=1S/C18H18N2O2/c1-13(21)19-17-9-5-3-7-15(17)11-12-16-8-4-6-10-18(16)20-14(2)22/h3-12H,1-2H3,(H,19,21)(H,20,22). The van der Waals surface area contributed by atoms with Gasteiger partial charge in [-0.15, -0.1) is 0 Å². The minimum Gasteiger partial charge on any atom is -0.326 e. The zero-order valence-electron chi connectivity index (χ0n) is 12.6. The molecule has 0 radical (unpaired) electrons. The van der Waals surface area contributed by atoms with Crippen molar-refractivity contribution in [3.63, 3.8) is 0 Å². The van der Waals surface area contributed by atoms with Crippen molar-refractivity contribution in [2.45, 2.75) is 13.8 Å². The number of rotatable bonds is 4. The Labute approximate surface area is 129 Å². The first kappa shape index (κ1) is 15.5. The van der Waals surface area contributed by atoms with Crippen LogP contribution in [0.2, 0.25) is 0 Å². The minimum atomic E-state index is -0.112. The van der Waals surface area contributed by atoms with E-state index in [1.54, 1.807) is 0 Å². The van der Waals surface area contributed by atoms with Gasteiger partial charge in [-0.3, -0.25) is 9.59 Å². The summed E-state index contributed by atoms with van der Waals surface area (Å²) in [6, 6.07) is 15.1. The fraction of sp³-hybridized carbons (Fsp3) is 0.111. The molecule has 2 aromatic rings. The number of para-hydroxylation sites is 2. The van der Waals surface area contributed by atoms with E-state index in [1.165, 1.54) is 13.8 Å². The third-order valence-corrected chi connectivity index (χ3v) is 2.99. The molecule has 0 atom stereocenters. The highest BCUT2D eigenvalue weighted by Crippen LogP contribution is 2.21. The summed E-state index contributed by atoms with van der Waals surface area (Å²) in [7, 11) is 0. The lowest BCUT2D eigenvalue weighted by Gasteiger charge is -2.08. The summed E-state index contributed by atoms with van der Waals surface area (Å²) in [5.74, 6) is -0.223. The molecule has 0 heterocycles. The van der Waals surface area contributed by atoms with Gasteiger partial charge in [-0.2, -0.15) is 0 Å². The van der Waals surface area contributed by atoms with Gasteiger partial charge in [0.05, 0.1) is 0 Å². The molecule has 2 rings (SSSR count). The number of hydrogen-bond acceptors (Lipinski definition) is 2. The topological polar surface area (TPSA) is 58.2 Å². The van der Waals surface area contributed by atoms with Crippen LogP contribution in [0.15, 0.2) is 48.5 Å². The van der Waals surface area contributed by atoms with Crippen LogP contribution >= 0.6 is 0 Å². The van der Waals surface area contributed by atoms with E-state index in [0.717, 1.165) is 22.5 Å². The molecule has 4 nitrogen and oxygen atoms in total. The van der Waals surface area contributed by atoms with Gasteiger partial charge in [-0.1, -0.05) is 48.6 Å². The third kappa shape index (κ3) is 4.31. The smallest absolute Gasteiger partial charge is 0.221 e. The maximum atomic E-state index is 11.2. The Bertz CT molecular complexity index is 659. The fourth-order valence-electron chi connectivity index (χ4n) is 2.07. The molecule has 4 heteroatoms. The van der Waals surface area contributed by atoms with Crippen LogP contribution in [0.4, 0.5) is 11.4 Å². The van der Waals surface area contributed by atoms with Gasteiger partial charge in [0.2, 0.25) is 11.8 Å². The van der Waals surface area contributed by atoms with Crippen molar-refractivity contribution in [1.82, 2.24) is 0 Å². The van der Waals surface area contributed by atoms with Gasteiger partial charge in [-0.05, 0) is 23.3 Å². The maximum Gasteiger partial charge on any atom is 0.221 e. The van der Waals surface area contributed by atoms with E-state index in [0.29, 0.717) is 0 Å². The summed E-state index contributed by atoms with van der Waals surface area (Å²) < 4.78 is 0. The van der Waals surface area contributed by atoms with Gasteiger partial charge in [0, 0.05) is 25.2 Å². The Morgan fingerprint density at radius 1 is 0.727 bits per heavy atom. The van der Waals surface area contributed by atoms with Gasteiger partial charge in [-0.25, -0.2) is 0 Å². The maximum absolute atomic E-state index is 11.2. The van der Waals surface area contributed by atoms with Crippen molar-refractivity contribution in [2.75, 3.05) is 10.6 Å². The molecule has 0 aliphatic heterocycles. The van der Waals surface area contributed by atoms with Crippen molar-refractivity contribution in [2.24, 2.45) is 0 Å². The van der Waals surface area contributed by atoms with E-state index < -0.39 is 0 Å². The Balaban J connectivity index is 2.29. The summed E-state index contributed by atoms with van der Waals surface area (Å²) in [4.78, 5) is 22.5. The van der Waals surface area contributed by atoms with Crippen LogP contribution < -0.4 is 10.6 Å². The summed E-state index contributed by atoms with van der Waals surface area (Å²) in [6.45, 7) is 2.96. The van der Waals surface area contributed by atoms with Crippen molar-refractivity contribution in [3.05, 3.63) is 59.7 Å². The van der Waals surface area contributed by atoms with Crippen molar-refractivity contribution in [3.8, 4) is 0 Å². The highest BCUT2D eigenvalue weighted by molar-refractivity contribution is 5.94. The number of carbonyl (C=O) groups is 2. The van der Waals surface area contributed by atoms with Crippen LogP contribution in [0.1, 0.15) is 25.0 Å². The zero-order valence-corrected chi connectivity index (χ0v) is 12.6. The van der Waals surface area contributed by atoms with E-state index in [2.05, 4.69) is 10.6 Å². The lowest BCUT2D eigenvalue weighted by molar-refractivity contribution is -0.115. The second-order valence-corrected chi connectivity index (χ2v) is 4.87. The lowest BCUT2D eigenvalue weighted by Crippen LogP contribution is -2.07. The summed E-state index contributed by atoms with van der Waals surface area (Å²) in [5.41, 5.74) is 3.30. The predicted octanol–water partition coefficient (Wildman–Crippen LogP) is 3.77. The average molecular weight is 294 g/mol. The highest BCUT2D eigenvalue weighted by atomic mass is 16.2. The Morgan fingerprint density at radius 3 is 1.45 bits per heavy atom. The summed E-state index contributed by atoms with van der Waals surface area (Å²) >= 11 is 0. The number of benzene rings is 2. The van der Waals surface area contributed by atoms with Crippen LogP contribution in [-0.2, 0) is 9.59 Å². The molecule has 2 aromatic carbocycles. The normalized spacial score (nSPS) is 10.5. The van der Waals surface area contributed by atoms with Gasteiger partial charge in [0.15, 0.2) is 0 Å². The molecule has 0 fully saturated rings. The van der Waals surface area contributed by atoms with E-state index in [9.17, 15) is 9.59 Å². The van der Waals surface area contributed by atoms with Crippen LogP contribution in [0.5, 0.6) is 0 Å². The van der Waals surface area contributed by atoms with Crippen molar-refractivity contribution >= 4 is 35.3 Å². The molecule has 0 spiro atoms. The van der Waals surface area contributed by atoms with Crippen molar-refractivity contribution in [1.29, 1.82) is 0 Å². The monoisotopic (exact) mass is 294 g/mol. The molecule has 112 valence electrons. The Kier molecular flexibility index (Phi) is 5.09. The molecular formula is C18H18N2O2. The SMILES string of the molecule is CC(=O)Nc1ccccc1C=Cc1ccccc1NC(C)=O. The highest BCUT2D eigenvalue weighted by Gasteiger charge is 2.02. The Morgan fingerprint density at radius 2 is 1.09 bits per heavy atom. The van der Waals surface area contributed by atoms with Crippen LogP contribution in [0.25, 0.3) is 12.2 Å². The first-order valence-corrected chi connectivity index (χ1v) is 6.97. The average Bonchev–Trinajstić information content (AvgIpc) is 2.46. The number of carbonyl (C=O) groups excluding carboxylic acids is 2. The van der Waals surface area contributed by atoms with E-state index in [-0.39, 0.29) is 11.8 Å². The number of hydrogen-bond donors (Lipinski definition) is 2. The molecule has 0 aliphatic rings. The lowest BCUT2D eigenvalue weighted by atomic mass is 10.1. The largest absolute Gasteiger partial charge is 0.326 e. The first-order valence-electron chi connectivity index (χ1n) is 6.97. The van der Waals surface area contributed by atoms with Crippen LogP contribution in [-0.4, -0.2) is 11.8 Å². The molecule has 0 aliphatic carbocycles. The molecule has 0 saturated carbocycles. The van der Waals surface area contributed by atoms with Crippen LogP contribution in [0.3, 0.4) is 0 Å². The molecule has 0 aromatic heterocycles. The number of anilines is 2. The van der Waals surface area contributed by atoms with E-state index in [1.807, 2.05) is 60.7 Å². The molecule has 0 unspecified atom stereocenters. The molecule has 2 amide bonds. The van der Waals surface area contributed by atoms with Gasteiger partial charge in [0.1, 0.15) is 0 Å². The second-order valence-electron chi connectivity index (χ2n) is 4.87. The van der Waals surface area contributed by atoms with Gasteiger partial charge >= 0.3 is 0 Å². The molecular weight excluding hydrogens is 276 g/mol. The summed E-state index contributed by atoms with van der Waals surface area (Å²) in [5, 5.41) is 5.59. The molecule has 0 saturated heterocycles. The predicted molar refractivity (Wildman–Crippen MR) is 90.4 cm³/mol. The zero-order chi connectivity index (χ0) is 15.9. The van der Waals surface area contributed by atoms with Gasteiger partial charge < -0.3 is 10.6 Å². The van der Waals surface area contributed by atoms with Gasteiger partial charge in [0.25, 0.3) is 0 Å². The molecule has 22 heavy (non-hydrogen) atoms. The van der Waals surface area contributed by atoms with E-state index >= 15 is 0 Å². The summed E-state index contributed by atoms with van der Waals surface area (Å²) in [6.07, 6.45) is 3.82. The van der Waals surface area contributed by atoms with Crippen molar-refractivity contribution < 1.29 is 9.59 Å². The molecule has 2 N–H and O–H groups in total. The first-order chi connectivity index (χ1) is 10.6. The number of amides is 2. The Hall–Kier alpha value is -2.88. The number of nitrogens with one attached hydrogen (secondary N) is 2. The quantitative estimate of drug-likeness (QED) is 0.843. The second kappa shape index (κ2) is 7.22. The minimum absolute atomic E-state index is 0.112.